The van der Waals surface area contributed by atoms with Gasteiger partial charge in [-0.05, 0) is 61.3 Å². The molecule has 0 aliphatic carbocycles. The lowest BCUT2D eigenvalue weighted by atomic mass is 9.91. The molecular weight excluding hydrogens is 340 g/mol. The van der Waals surface area contributed by atoms with Gasteiger partial charge >= 0.3 is 5.97 Å². The van der Waals surface area contributed by atoms with Crippen molar-refractivity contribution in [2.75, 3.05) is 20.2 Å². The summed E-state index contributed by atoms with van der Waals surface area (Å²) < 4.78 is 33.0. The van der Waals surface area contributed by atoms with Crippen molar-refractivity contribution in [3.8, 4) is 5.75 Å². The highest BCUT2D eigenvalue weighted by Crippen LogP contribution is 2.34. The summed E-state index contributed by atoms with van der Waals surface area (Å²) in [6.07, 6.45) is 1.03. The second kappa shape index (κ2) is 7.83. The van der Waals surface area contributed by atoms with Gasteiger partial charge in [0.2, 0.25) is 0 Å². The number of carboxylic acids is 1. The largest absolute Gasteiger partial charge is 0.494 e. The van der Waals surface area contributed by atoms with E-state index in [0.29, 0.717) is 37.1 Å². The number of halogens is 2. The van der Waals surface area contributed by atoms with Gasteiger partial charge in [0.05, 0.1) is 19.1 Å². The van der Waals surface area contributed by atoms with Gasteiger partial charge in [-0.15, -0.1) is 0 Å². The zero-order chi connectivity index (χ0) is 18.7. The Morgan fingerprint density at radius 2 is 1.85 bits per heavy atom. The molecular formula is C20H21F2NO3. The molecule has 3 rings (SSSR count). The van der Waals surface area contributed by atoms with Crippen molar-refractivity contribution in [3.63, 3.8) is 0 Å². The number of carbonyl (C=O) groups is 1. The van der Waals surface area contributed by atoms with Gasteiger partial charge in [-0.25, -0.2) is 8.78 Å². The van der Waals surface area contributed by atoms with Gasteiger partial charge in [0.25, 0.3) is 0 Å². The van der Waals surface area contributed by atoms with Gasteiger partial charge in [0, 0.05) is 0 Å². The normalized spacial score (nSPS) is 17.0. The molecule has 0 aromatic heterocycles. The second-order valence-electron chi connectivity index (χ2n) is 6.50. The van der Waals surface area contributed by atoms with E-state index in [9.17, 15) is 18.7 Å². The van der Waals surface area contributed by atoms with Gasteiger partial charge in [0.1, 0.15) is 5.82 Å². The highest BCUT2D eigenvalue weighted by Gasteiger charge is 2.30. The Kier molecular flexibility index (Phi) is 5.52. The fourth-order valence-corrected chi connectivity index (χ4v) is 3.55. The van der Waals surface area contributed by atoms with Crippen molar-refractivity contribution in [3.05, 3.63) is 65.2 Å². The van der Waals surface area contributed by atoms with Crippen LogP contribution >= 0.6 is 0 Å². The van der Waals surface area contributed by atoms with E-state index in [1.165, 1.54) is 25.3 Å². The molecule has 1 fully saturated rings. The molecule has 0 saturated carbocycles. The molecule has 1 aliphatic heterocycles. The van der Waals surface area contributed by atoms with E-state index >= 15 is 0 Å². The molecule has 0 radical (unpaired) electrons. The van der Waals surface area contributed by atoms with Crippen molar-refractivity contribution in [1.29, 1.82) is 0 Å². The molecule has 26 heavy (non-hydrogen) atoms. The number of rotatable bonds is 5. The number of hydrogen-bond acceptors (Lipinski definition) is 3. The Balaban J connectivity index is 1.95. The lowest BCUT2D eigenvalue weighted by molar-refractivity contribution is -0.143. The maximum Gasteiger partial charge on any atom is 0.306 e. The zero-order valence-corrected chi connectivity index (χ0v) is 14.5. The molecule has 138 valence electrons. The summed E-state index contributed by atoms with van der Waals surface area (Å²) in [5.41, 5.74) is 1.39. The molecule has 0 amide bonds. The number of likely N-dealkylation sites (tertiary alicyclic amines) is 1. The molecule has 1 saturated heterocycles. The summed E-state index contributed by atoms with van der Waals surface area (Å²) in [5.74, 6) is -1.85. The Morgan fingerprint density at radius 1 is 1.15 bits per heavy atom. The Labute approximate surface area is 151 Å². The van der Waals surface area contributed by atoms with E-state index in [4.69, 9.17) is 4.74 Å². The monoisotopic (exact) mass is 361 g/mol. The Morgan fingerprint density at radius 3 is 2.42 bits per heavy atom. The first kappa shape index (κ1) is 18.3. The van der Waals surface area contributed by atoms with Crippen LogP contribution in [0.4, 0.5) is 8.78 Å². The van der Waals surface area contributed by atoms with Crippen LogP contribution in [0.1, 0.15) is 30.0 Å². The van der Waals surface area contributed by atoms with E-state index in [0.717, 1.165) is 0 Å². The summed E-state index contributed by atoms with van der Waals surface area (Å²) in [7, 11) is 1.40. The standard InChI is InChI=1S/C20H21F2NO3/c1-26-18-6-5-15(12-17(18)22)19(14-3-2-4-16(21)11-14)23-9-7-13(8-10-23)20(24)25/h2-6,11-13,19H,7-10H2,1H3,(H,24,25). The number of carboxylic acid groups (broad SMARTS) is 1. The van der Waals surface area contributed by atoms with Crippen molar-refractivity contribution in [2.24, 2.45) is 5.92 Å². The van der Waals surface area contributed by atoms with Gasteiger partial charge in [0.15, 0.2) is 11.6 Å². The average molecular weight is 361 g/mol. The van der Waals surface area contributed by atoms with Crippen LogP contribution in [0.25, 0.3) is 0 Å². The van der Waals surface area contributed by atoms with Crippen LogP contribution in [0.15, 0.2) is 42.5 Å². The molecule has 1 heterocycles. The molecule has 2 aromatic rings. The third kappa shape index (κ3) is 3.85. The molecule has 0 bridgehead atoms. The minimum atomic E-state index is -0.789. The van der Waals surface area contributed by atoms with Crippen molar-refractivity contribution < 1.29 is 23.4 Å². The fourth-order valence-electron chi connectivity index (χ4n) is 3.55. The predicted molar refractivity (Wildman–Crippen MR) is 93.1 cm³/mol. The molecule has 0 spiro atoms. The third-order valence-electron chi connectivity index (χ3n) is 4.90. The van der Waals surface area contributed by atoms with Crippen molar-refractivity contribution in [2.45, 2.75) is 18.9 Å². The number of hydrogen-bond donors (Lipinski definition) is 1. The van der Waals surface area contributed by atoms with E-state index in [2.05, 4.69) is 4.90 Å². The minimum Gasteiger partial charge on any atom is -0.494 e. The van der Waals surface area contributed by atoms with E-state index in [-0.39, 0.29) is 23.5 Å². The molecule has 4 nitrogen and oxygen atoms in total. The average Bonchev–Trinajstić information content (AvgIpc) is 2.63. The van der Waals surface area contributed by atoms with Crippen LogP contribution in [0, 0.1) is 17.6 Å². The second-order valence-corrected chi connectivity index (χ2v) is 6.50. The van der Waals surface area contributed by atoms with E-state index < -0.39 is 11.8 Å². The molecule has 1 aliphatic rings. The van der Waals surface area contributed by atoms with Gasteiger partial charge < -0.3 is 9.84 Å². The number of benzene rings is 2. The van der Waals surface area contributed by atoms with E-state index in [1.54, 1.807) is 24.3 Å². The number of piperidine rings is 1. The predicted octanol–water partition coefficient (Wildman–Crippen LogP) is 3.86. The Hall–Kier alpha value is -2.47. The summed E-state index contributed by atoms with van der Waals surface area (Å²) in [4.78, 5) is 13.3. The first-order valence-corrected chi connectivity index (χ1v) is 8.55. The zero-order valence-electron chi connectivity index (χ0n) is 14.5. The maximum absolute atomic E-state index is 14.2. The molecule has 6 heteroatoms. The summed E-state index contributed by atoms with van der Waals surface area (Å²) in [6, 6.07) is 10.6. The SMILES string of the molecule is COc1ccc(C(c2cccc(F)c2)N2CCC(C(=O)O)CC2)cc1F. The summed E-state index contributed by atoms with van der Waals surface area (Å²) in [5, 5.41) is 9.20. The number of ether oxygens (including phenoxy) is 1. The first-order valence-electron chi connectivity index (χ1n) is 8.55. The summed E-state index contributed by atoms with van der Waals surface area (Å²) >= 11 is 0. The highest BCUT2D eigenvalue weighted by molar-refractivity contribution is 5.70. The lowest BCUT2D eigenvalue weighted by Gasteiger charge is -2.37. The molecule has 1 N–H and O–H groups in total. The Bertz CT molecular complexity index is 788. The third-order valence-corrected chi connectivity index (χ3v) is 4.90. The number of nitrogens with zero attached hydrogens (tertiary/aromatic N) is 1. The quantitative estimate of drug-likeness (QED) is 0.879. The lowest BCUT2D eigenvalue weighted by Crippen LogP contribution is -2.39. The van der Waals surface area contributed by atoms with Gasteiger partial charge in [-0.2, -0.15) is 0 Å². The highest BCUT2D eigenvalue weighted by atomic mass is 19.1. The van der Waals surface area contributed by atoms with Gasteiger partial charge in [-0.3, -0.25) is 9.69 Å². The van der Waals surface area contributed by atoms with Crippen LogP contribution in [0.5, 0.6) is 5.75 Å². The van der Waals surface area contributed by atoms with Crippen LogP contribution in [0.3, 0.4) is 0 Å². The molecule has 2 aromatic carbocycles. The fraction of sp³-hybridized carbons (Fsp3) is 0.350. The minimum absolute atomic E-state index is 0.149. The topological polar surface area (TPSA) is 49.8 Å². The maximum atomic E-state index is 14.2. The summed E-state index contributed by atoms with van der Waals surface area (Å²) in [6.45, 7) is 1.09. The van der Waals surface area contributed by atoms with Crippen LogP contribution in [-0.4, -0.2) is 36.2 Å². The van der Waals surface area contributed by atoms with Crippen molar-refractivity contribution >= 4 is 5.97 Å². The van der Waals surface area contributed by atoms with Crippen LogP contribution in [0.2, 0.25) is 0 Å². The van der Waals surface area contributed by atoms with Crippen molar-refractivity contribution in [1.82, 2.24) is 4.90 Å². The smallest absolute Gasteiger partial charge is 0.306 e. The number of methoxy groups -OCH3 is 1. The van der Waals surface area contributed by atoms with Crippen LogP contribution in [-0.2, 0) is 4.79 Å². The first-order chi connectivity index (χ1) is 12.5. The van der Waals surface area contributed by atoms with Crippen LogP contribution < -0.4 is 4.74 Å². The molecule has 1 atom stereocenters. The molecule has 1 unspecified atom stereocenters. The van der Waals surface area contributed by atoms with Gasteiger partial charge in [-0.1, -0.05) is 18.2 Å². The number of aliphatic carboxylic acids is 1. The van der Waals surface area contributed by atoms with E-state index in [1.807, 2.05) is 0 Å².